The number of aromatic nitrogens is 1. The first kappa shape index (κ1) is 19.1. The lowest BCUT2D eigenvalue weighted by Crippen LogP contribution is -2.23. The Morgan fingerprint density at radius 1 is 1.00 bits per heavy atom. The van der Waals surface area contributed by atoms with Crippen LogP contribution in [0.3, 0.4) is 0 Å². The maximum atomic E-state index is 11.0. The quantitative estimate of drug-likeness (QED) is 0.390. The van der Waals surface area contributed by atoms with Gasteiger partial charge in [-0.05, 0) is 48.4 Å². The lowest BCUT2D eigenvalue weighted by molar-refractivity contribution is -0.136. The number of hydrogen-bond acceptors (Lipinski definition) is 4. The molecule has 0 radical (unpaired) electrons. The van der Waals surface area contributed by atoms with E-state index in [1.165, 1.54) is 0 Å². The Morgan fingerprint density at radius 2 is 1.71 bits per heavy atom. The molecule has 2 N–H and O–H groups in total. The molecule has 1 aliphatic heterocycles. The minimum Gasteiger partial charge on any atom is -0.493 e. The molecule has 0 fully saturated rings. The Balaban J connectivity index is 1.25. The van der Waals surface area contributed by atoms with Crippen molar-refractivity contribution in [1.82, 2.24) is 4.98 Å². The number of aromatic amines is 1. The van der Waals surface area contributed by atoms with Gasteiger partial charge >= 0.3 is 5.97 Å². The Labute approximate surface area is 179 Å². The molecule has 0 saturated heterocycles. The summed E-state index contributed by atoms with van der Waals surface area (Å²) in [5.41, 5.74) is 3.77. The van der Waals surface area contributed by atoms with Crippen LogP contribution >= 0.6 is 0 Å². The van der Waals surface area contributed by atoms with Crippen molar-refractivity contribution in [3.63, 3.8) is 0 Å². The van der Waals surface area contributed by atoms with Gasteiger partial charge in [0.25, 0.3) is 0 Å². The summed E-state index contributed by atoms with van der Waals surface area (Å²) in [5.74, 6) is 1.64. The summed E-state index contributed by atoms with van der Waals surface area (Å²) < 4.78 is 12.0. The van der Waals surface area contributed by atoms with E-state index in [4.69, 9.17) is 14.6 Å². The highest BCUT2D eigenvalue weighted by Crippen LogP contribution is 2.46. The van der Waals surface area contributed by atoms with Gasteiger partial charge in [0.05, 0.1) is 24.4 Å². The van der Waals surface area contributed by atoms with Gasteiger partial charge in [-0.2, -0.15) is 0 Å². The number of aliphatic carboxylic acids is 1. The van der Waals surface area contributed by atoms with Gasteiger partial charge < -0.3 is 24.5 Å². The number of fused-ring (bicyclic) bond motifs is 3. The van der Waals surface area contributed by atoms with E-state index in [0.29, 0.717) is 6.61 Å². The molecule has 4 aromatic rings. The Hall–Kier alpha value is -3.93. The number of rotatable bonds is 7. The number of nitrogens with one attached hydrogen (secondary N) is 1. The van der Waals surface area contributed by atoms with E-state index in [-0.39, 0.29) is 6.42 Å². The van der Waals surface area contributed by atoms with E-state index in [1.54, 1.807) is 6.20 Å². The molecule has 0 spiro atoms. The van der Waals surface area contributed by atoms with Crippen LogP contribution in [0.2, 0.25) is 0 Å². The monoisotopic (exact) mass is 414 g/mol. The van der Waals surface area contributed by atoms with Gasteiger partial charge in [0.15, 0.2) is 11.5 Å². The second-order valence-corrected chi connectivity index (χ2v) is 7.48. The standard InChI is InChI=1S/C25H22N2O4/c28-25(29)14-17-16-26-20-15-18(10-11-19(17)20)30-13-5-12-27-21-6-1-3-8-23(21)31-24-9-4-2-7-22(24)27/h1-4,6-11,15-16,26H,5,12-14H2,(H,28,29). The normalized spacial score (nSPS) is 12.2. The highest BCUT2D eigenvalue weighted by molar-refractivity contribution is 5.87. The van der Waals surface area contributed by atoms with E-state index in [1.807, 2.05) is 54.6 Å². The van der Waals surface area contributed by atoms with Gasteiger partial charge in [-0.25, -0.2) is 0 Å². The highest BCUT2D eigenvalue weighted by atomic mass is 16.5. The fourth-order valence-corrected chi connectivity index (χ4v) is 4.00. The molecule has 31 heavy (non-hydrogen) atoms. The van der Waals surface area contributed by atoms with Crippen LogP contribution in [0.1, 0.15) is 12.0 Å². The third kappa shape index (κ3) is 3.80. The van der Waals surface area contributed by atoms with Crippen LogP contribution in [0.25, 0.3) is 10.9 Å². The molecular formula is C25H22N2O4. The van der Waals surface area contributed by atoms with E-state index in [2.05, 4.69) is 22.0 Å². The predicted molar refractivity (Wildman–Crippen MR) is 120 cm³/mol. The van der Waals surface area contributed by atoms with E-state index in [9.17, 15) is 4.79 Å². The maximum Gasteiger partial charge on any atom is 0.307 e. The molecule has 0 unspecified atom stereocenters. The molecule has 156 valence electrons. The molecular weight excluding hydrogens is 392 g/mol. The van der Waals surface area contributed by atoms with Gasteiger partial charge in [0, 0.05) is 29.7 Å². The summed E-state index contributed by atoms with van der Waals surface area (Å²) in [4.78, 5) is 16.4. The number of carbonyl (C=O) groups is 1. The van der Waals surface area contributed by atoms with Gasteiger partial charge in [0.1, 0.15) is 5.75 Å². The van der Waals surface area contributed by atoms with Crippen LogP contribution in [-0.2, 0) is 11.2 Å². The zero-order valence-corrected chi connectivity index (χ0v) is 16.9. The Bertz CT molecular complexity index is 1200. The summed E-state index contributed by atoms with van der Waals surface area (Å²) >= 11 is 0. The zero-order chi connectivity index (χ0) is 21.2. The fourth-order valence-electron chi connectivity index (χ4n) is 4.00. The van der Waals surface area contributed by atoms with Crippen LogP contribution in [-0.4, -0.2) is 29.2 Å². The summed E-state index contributed by atoms with van der Waals surface area (Å²) in [6.07, 6.45) is 2.58. The number of anilines is 2. The molecule has 2 heterocycles. The zero-order valence-electron chi connectivity index (χ0n) is 16.9. The number of hydrogen-bond donors (Lipinski definition) is 2. The molecule has 0 bridgehead atoms. The molecule has 1 aromatic heterocycles. The maximum absolute atomic E-state index is 11.0. The molecule has 0 amide bonds. The van der Waals surface area contributed by atoms with Crippen molar-refractivity contribution >= 4 is 28.2 Å². The second-order valence-electron chi connectivity index (χ2n) is 7.48. The van der Waals surface area contributed by atoms with Crippen molar-refractivity contribution in [2.24, 2.45) is 0 Å². The van der Waals surface area contributed by atoms with Crippen molar-refractivity contribution in [3.8, 4) is 17.2 Å². The van der Waals surface area contributed by atoms with Gasteiger partial charge in [-0.3, -0.25) is 4.79 Å². The van der Waals surface area contributed by atoms with Crippen LogP contribution in [0.15, 0.2) is 72.9 Å². The Morgan fingerprint density at radius 3 is 2.42 bits per heavy atom. The smallest absolute Gasteiger partial charge is 0.307 e. The summed E-state index contributed by atoms with van der Waals surface area (Å²) in [5, 5.41) is 9.94. The van der Waals surface area contributed by atoms with Gasteiger partial charge in [0.2, 0.25) is 0 Å². The van der Waals surface area contributed by atoms with E-state index < -0.39 is 5.97 Å². The SMILES string of the molecule is O=C(O)Cc1c[nH]c2cc(OCCCN3c4ccccc4Oc4ccccc43)ccc12. The number of H-pyrrole nitrogens is 1. The van der Waals surface area contributed by atoms with Crippen LogP contribution in [0.4, 0.5) is 11.4 Å². The topological polar surface area (TPSA) is 74.8 Å². The molecule has 1 aliphatic rings. The summed E-state index contributed by atoms with van der Waals surface area (Å²) in [6.45, 7) is 1.36. The highest BCUT2D eigenvalue weighted by Gasteiger charge is 2.23. The van der Waals surface area contributed by atoms with Crippen molar-refractivity contribution in [1.29, 1.82) is 0 Å². The number of para-hydroxylation sites is 4. The predicted octanol–water partition coefficient (Wildman–Crippen LogP) is 5.51. The largest absolute Gasteiger partial charge is 0.493 e. The van der Waals surface area contributed by atoms with E-state index >= 15 is 0 Å². The van der Waals surface area contributed by atoms with Crippen molar-refractivity contribution in [3.05, 3.63) is 78.5 Å². The van der Waals surface area contributed by atoms with Crippen LogP contribution < -0.4 is 14.4 Å². The minimum absolute atomic E-state index is 0.00268. The van der Waals surface area contributed by atoms with Gasteiger partial charge in [-0.15, -0.1) is 0 Å². The average Bonchev–Trinajstić information content (AvgIpc) is 3.17. The molecule has 0 saturated carbocycles. The van der Waals surface area contributed by atoms with Crippen molar-refractivity contribution in [2.75, 3.05) is 18.1 Å². The summed E-state index contributed by atoms with van der Waals surface area (Å²) in [7, 11) is 0. The number of ether oxygens (including phenoxy) is 2. The molecule has 0 atom stereocenters. The fraction of sp³-hybridized carbons (Fsp3) is 0.160. The number of carboxylic acids is 1. The van der Waals surface area contributed by atoms with Gasteiger partial charge in [-0.1, -0.05) is 24.3 Å². The van der Waals surface area contributed by atoms with Crippen molar-refractivity contribution in [2.45, 2.75) is 12.8 Å². The lowest BCUT2D eigenvalue weighted by atomic mass is 10.1. The first-order valence-corrected chi connectivity index (χ1v) is 10.3. The van der Waals surface area contributed by atoms with Crippen LogP contribution in [0.5, 0.6) is 17.2 Å². The average molecular weight is 414 g/mol. The molecule has 6 heteroatoms. The first-order valence-electron chi connectivity index (χ1n) is 10.3. The molecule has 5 rings (SSSR count). The second kappa shape index (κ2) is 8.07. The van der Waals surface area contributed by atoms with E-state index in [0.717, 1.165) is 58.1 Å². The lowest BCUT2D eigenvalue weighted by Gasteiger charge is -2.32. The Kier molecular flexibility index (Phi) is 4.96. The third-order valence-corrected chi connectivity index (χ3v) is 5.41. The molecule has 0 aliphatic carbocycles. The minimum atomic E-state index is -0.840. The van der Waals surface area contributed by atoms with Crippen LogP contribution in [0, 0.1) is 0 Å². The summed E-state index contributed by atoms with van der Waals surface area (Å²) in [6, 6.07) is 21.8. The number of nitrogens with zero attached hydrogens (tertiary/aromatic N) is 1. The first-order chi connectivity index (χ1) is 15.2. The van der Waals surface area contributed by atoms with Crippen molar-refractivity contribution < 1.29 is 19.4 Å². The molecule has 3 aromatic carbocycles. The number of carboxylic acid groups (broad SMARTS) is 1. The molecule has 6 nitrogen and oxygen atoms in total. The number of benzene rings is 3. The third-order valence-electron chi connectivity index (χ3n) is 5.41.